The first-order chi connectivity index (χ1) is 12.9. The summed E-state index contributed by atoms with van der Waals surface area (Å²) in [5.41, 5.74) is 0.506. The molecule has 0 bridgehead atoms. The van der Waals surface area contributed by atoms with Crippen LogP contribution in [0.5, 0.6) is 5.75 Å². The fourth-order valence-electron chi connectivity index (χ4n) is 3.04. The van der Waals surface area contributed by atoms with E-state index in [-0.39, 0.29) is 65.2 Å². The van der Waals surface area contributed by atoms with Crippen molar-refractivity contribution in [3.63, 3.8) is 0 Å². The van der Waals surface area contributed by atoms with E-state index >= 15 is 0 Å². The number of rotatable bonds is 3. The molecular weight excluding hydrogens is 502 g/mol. The van der Waals surface area contributed by atoms with Gasteiger partial charge in [0.2, 0.25) is 0 Å². The van der Waals surface area contributed by atoms with Crippen molar-refractivity contribution in [3.8, 4) is 5.75 Å². The van der Waals surface area contributed by atoms with Crippen LogP contribution in [0.15, 0.2) is 87.9 Å². The Morgan fingerprint density at radius 3 is 1.96 bits per heavy atom. The van der Waals surface area contributed by atoms with Crippen molar-refractivity contribution >= 4 is 91.9 Å². The third-order valence-corrected chi connectivity index (χ3v) is 5.21. The minimum absolute atomic E-state index is 0. The quantitative estimate of drug-likeness (QED) is 0.228. The Morgan fingerprint density at radius 1 is 0.679 bits per heavy atom. The topological polar surface area (TPSA) is 99.3 Å². The number of aromatic hydroxyl groups is 1. The van der Waals surface area contributed by atoms with Gasteiger partial charge in [0.1, 0.15) is 16.3 Å². The maximum atomic E-state index is 12.0. The van der Waals surface area contributed by atoms with Crippen molar-refractivity contribution in [2.45, 2.75) is 4.90 Å². The minimum Gasteiger partial charge on any atom is -0.507 e. The van der Waals surface area contributed by atoms with Crippen molar-refractivity contribution in [3.05, 3.63) is 72.8 Å². The smallest absolute Gasteiger partial charge is 0.297 e. The zero-order valence-electron chi connectivity index (χ0n) is 14.6. The van der Waals surface area contributed by atoms with Gasteiger partial charge in [0, 0.05) is 65.0 Å². The number of hydrogen-bond donors (Lipinski definition) is 2. The Labute approximate surface area is 201 Å². The molecule has 0 aliphatic carbocycles. The van der Waals surface area contributed by atoms with E-state index < -0.39 is 10.1 Å². The summed E-state index contributed by atoms with van der Waals surface area (Å²) in [6.07, 6.45) is 0. The van der Waals surface area contributed by atoms with Gasteiger partial charge in [-0.25, -0.2) is 0 Å². The van der Waals surface area contributed by atoms with Crippen molar-refractivity contribution in [2.24, 2.45) is 10.2 Å². The number of benzene rings is 4. The first kappa shape index (κ1) is 21.0. The van der Waals surface area contributed by atoms with Crippen LogP contribution < -0.4 is 0 Å². The van der Waals surface area contributed by atoms with E-state index in [0.29, 0.717) is 27.2 Å². The number of phenolic OH excluding ortho intramolecular Hbond substituents is 1. The minimum atomic E-state index is -4.51. The third-order valence-electron chi connectivity index (χ3n) is 4.26. The first-order valence-electron chi connectivity index (χ1n) is 8.07. The molecule has 4 aromatic carbocycles. The van der Waals surface area contributed by atoms with Crippen molar-refractivity contribution in [1.82, 2.24) is 0 Å². The molecule has 6 nitrogen and oxygen atoms in total. The number of fused-ring (bicyclic) bond motifs is 2. The van der Waals surface area contributed by atoms with Crippen LogP contribution in [0.25, 0.3) is 21.5 Å². The molecule has 0 saturated heterocycles. The second kappa shape index (κ2) is 8.34. The summed E-state index contributed by atoms with van der Waals surface area (Å²) in [6.45, 7) is 0. The Morgan fingerprint density at radius 2 is 1.25 bits per heavy atom. The van der Waals surface area contributed by atoms with Gasteiger partial charge in [0.05, 0.1) is 5.69 Å². The number of phenols is 1. The van der Waals surface area contributed by atoms with Gasteiger partial charge in [-0.15, -0.1) is 10.2 Å². The maximum Gasteiger partial charge on any atom is 0.297 e. The van der Waals surface area contributed by atoms with Crippen LogP contribution in [0.3, 0.4) is 0 Å². The summed E-state index contributed by atoms with van der Waals surface area (Å²) in [5, 5.41) is 20.5. The zero-order chi connectivity index (χ0) is 19.0. The van der Waals surface area contributed by atoms with Gasteiger partial charge in [0.15, 0.2) is 0 Å². The van der Waals surface area contributed by atoms with Gasteiger partial charge >= 0.3 is 0 Å². The van der Waals surface area contributed by atoms with Gasteiger partial charge in [-0.1, -0.05) is 54.6 Å². The predicted octanol–water partition coefficient (Wildman–Crippen LogP) is 4.98. The number of nitrogens with zero attached hydrogens (tertiary/aromatic N) is 2. The molecule has 2 radical (unpaired) electrons. The van der Waals surface area contributed by atoms with E-state index in [1.54, 1.807) is 60.7 Å². The molecule has 136 valence electrons. The molecule has 0 atom stereocenters. The van der Waals surface area contributed by atoms with Crippen LogP contribution in [0, 0.1) is 0 Å². The van der Waals surface area contributed by atoms with Crippen LogP contribution in [-0.2, 0) is 10.1 Å². The van der Waals surface area contributed by atoms with E-state index in [1.165, 1.54) is 12.1 Å². The summed E-state index contributed by atoms with van der Waals surface area (Å²) in [6, 6.07) is 20.3. The van der Waals surface area contributed by atoms with E-state index in [1.807, 2.05) is 0 Å². The molecular formula is C20H14BaN2O4S. The Kier molecular flexibility index (Phi) is 6.25. The van der Waals surface area contributed by atoms with Gasteiger partial charge in [-0.2, -0.15) is 8.42 Å². The van der Waals surface area contributed by atoms with E-state index in [4.69, 9.17) is 0 Å². The Bertz CT molecular complexity index is 1320. The fraction of sp³-hybridized carbons (Fsp3) is 0. The standard InChI is InChI=1S/C20H14N2O4S.Ba/c23-19-12-11-17(15-7-3-4-8-16(15)19)21-22-18-10-9-13-5-1-2-6-14(13)20(18)27(24,25)26;/h1-12,23H,(H,24,25,26);. The van der Waals surface area contributed by atoms with Crippen LogP contribution in [0.2, 0.25) is 0 Å². The van der Waals surface area contributed by atoms with E-state index in [9.17, 15) is 18.1 Å². The molecule has 4 aromatic rings. The molecule has 8 heteroatoms. The summed E-state index contributed by atoms with van der Waals surface area (Å²) in [7, 11) is -4.51. The Balaban J connectivity index is 0.00000225. The van der Waals surface area contributed by atoms with Crippen molar-refractivity contribution in [2.75, 3.05) is 0 Å². The number of azo groups is 1. The SMILES string of the molecule is O=S(=O)(O)c1c(N=Nc2ccc(O)c3ccccc23)ccc2ccccc12.[Ba]. The third kappa shape index (κ3) is 4.01. The normalized spacial score (nSPS) is 11.8. The number of hydrogen-bond acceptors (Lipinski definition) is 5. The summed E-state index contributed by atoms with van der Waals surface area (Å²) in [4.78, 5) is -0.285. The molecule has 0 fully saturated rings. The molecule has 2 N–H and O–H groups in total. The average Bonchev–Trinajstić information content (AvgIpc) is 2.66. The monoisotopic (exact) mass is 516 g/mol. The summed E-state index contributed by atoms with van der Waals surface area (Å²) in [5.74, 6) is 0.119. The van der Waals surface area contributed by atoms with Gasteiger partial charge in [-0.05, 0) is 23.6 Å². The van der Waals surface area contributed by atoms with Gasteiger partial charge in [-0.3, -0.25) is 4.55 Å². The van der Waals surface area contributed by atoms with Gasteiger partial charge < -0.3 is 5.11 Å². The molecule has 0 amide bonds. The first-order valence-corrected chi connectivity index (χ1v) is 9.51. The summed E-state index contributed by atoms with van der Waals surface area (Å²) < 4.78 is 33.6. The summed E-state index contributed by atoms with van der Waals surface area (Å²) >= 11 is 0. The van der Waals surface area contributed by atoms with Crippen LogP contribution in [0.4, 0.5) is 11.4 Å². The van der Waals surface area contributed by atoms with Crippen LogP contribution in [-0.4, -0.2) is 67.0 Å². The second-order valence-electron chi connectivity index (χ2n) is 5.96. The van der Waals surface area contributed by atoms with Crippen LogP contribution >= 0.6 is 0 Å². The molecule has 0 unspecified atom stereocenters. The molecule has 0 spiro atoms. The van der Waals surface area contributed by atoms with Gasteiger partial charge in [0.25, 0.3) is 10.1 Å². The zero-order valence-corrected chi connectivity index (χ0v) is 19.9. The van der Waals surface area contributed by atoms with Crippen molar-refractivity contribution in [1.29, 1.82) is 0 Å². The van der Waals surface area contributed by atoms with Crippen LogP contribution in [0.1, 0.15) is 0 Å². The molecule has 28 heavy (non-hydrogen) atoms. The largest absolute Gasteiger partial charge is 0.507 e. The molecule has 0 aromatic heterocycles. The molecule has 0 aliphatic rings. The second-order valence-corrected chi connectivity index (χ2v) is 7.32. The van der Waals surface area contributed by atoms with E-state index in [0.717, 1.165) is 0 Å². The maximum absolute atomic E-state index is 12.0. The average molecular weight is 516 g/mol. The van der Waals surface area contributed by atoms with Crippen molar-refractivity contribution < 1.29 is 18.1 Å². The van der Waals surface area contributed by atoms with E-state index in [2.05, 4.69) is 10.2 Å². The predicted molar refractivity (Wildman–Crippen MR) is 109 cm³/mol. The molecule has 0 aliphatic heterocycles. The fourth-order valence-corrected chi connectivity index (χ4v) is 3.88. The molecule has 4 rings (SSSR count). The molecule has 0 saturated carbocycles. The molecule has 0 heterocycles. The Hall–Kier alpha value is -1.72.